The van der Waals surface area contributed by atoms with Gasteiger partial charge in [0.05, 0.1) is 17.3 Å². The fourth-order valence-electron chi connectivity index (χ4n) is 4.87. The van der Waals surface area contributed by atoms with Gasteiger partial charge >= 0.3 is 21.1 Å². The number of pyridine rings is 4. The van der Waals surface area contributed by atoms with Gasteiger partial charge in [0.15, 0.2) is 0 Å². The fourth-order valence-corrected chi connectivity index (χ4v) is 4.87. The van der Waals surface area contributed by atoms with Crippen LogP contribution in [0.4, 0.5) is 11.6 Å². The molecule has 0 spiro atoms. The Kier molecular flexibility index (Phi) is 9.98. The van der Waals surface area contributed by atoms with Gasteiger partial charge < -0.3 is 20.0 Å². The van der Waals surface area contributed by atoms with Gasteiger partial charge in [0.1, 0.15) is 0 Å². The summed E-state index contributed by atoms with van der Waals surface area (Å²) in [7, 11) is 0. The molecule has 4 rings (SSSR count). The molecule has 0 radical (unpaired) electrons. The van der Waals surface area contributed by atoms with E-state index in [4.69, 9.17) is 20.0 Å². The summed E-state index contributed by atoms with van der Waals surface area (Å²) in [5, 5.41) is 0. The number of hydrogen-bond acceptors (Lipinski definition) is 4. The van der Waals surface area contributed by atoms with E-state index in [-0.39, 0.29) is 42.7 Å². The minimum Gasteiger partial charge on any atom is -0.442 e. The normalized spacial score (nSPS) is 13.7. The zero-order valence-electron chi connectivity index (χ0n) is 27.8. The maximum atomic E-state index is 5.10. The second-order valence-corrected chi connectivity index (χ2v) is 15.1. The van der Waals surface area contributed by atoms with Crippen LogP contribution >= 0.6 is 0 Å². The van der Waals surface area contributed by atoms with Crippen molar-refractivity contribution in [3.8, 4) is 11.4 Å². The molecule has 4 heterocycles. The summed E-state index contributed by atoms with van der Waals surface area (Å²) in [5.41, 5.74) is 6.56. The molecule has 0 aliphatic rings. The van der Waals surface area contributed by atoms with Crippen molar-refractivity contribution in [1.82, 2.24) is 19.9 Å². The van der Waals surface area contributed by atoms with Crippen molar-refractivity contribution in [2.75, 3.05) is 0 Å². The van der Waals surface area contributed by atoms with Crippen LogP contribution < -0.4 is 20.9 Å². The van der Waals surface area contributed by atoms with E-state index in [9.17, 15) is 0 Å². The smallest absolute Gasteiger partial charge is 0.442 e. The van der Waals surface area contributed by atoms with Gasteiger partial charge in [-0.15, -0.1) is 0 Å². The van der Waals surface area contributed by atoms with Gasteiger partial charge in [-0.1, -0.05) is 137 Å². The Bertz CT molecular complexity index is 1720. The van der Waals surface area contributed by atoms with Gasteiger partial charge in [0, 0.05) is 6.20 Å². The van der Waals surface area contributed by atoms with Crippen LogP contribution in [0, 0.1) is 0 Å². The molecule has 7 heteroatoms. The van der Waals surface area contributed by atoms with E-state index in [1.165, 1.54) is 0 Å². The molecular formula is C36H46N6Pt. The molecule has 0 aliphatic carbocycles. The minimum absolute atomic E-state index is 0. The van der Waals surface area contributed by atoms with Crippen molar-refractivity contribution in [3.05, 3.63) is 94.2 Å². The molecular weight excluding hydrogens is 712 g/mol. The Morgan fingerprint density at radius 1 is 0.558 bits per heavy atom. The third kappa shape index (κ3) is 8.09. The molecule has 0 saturated carbocycles. The Labute approximate surface area is 271 Å². The van der Waals surface area contributed by atoms with Crippen molar-refractivity contribution in [2.45, 2.75) is 105 Å². The van der Waals surface area contributed by atoms with E-state index in [1.807, 2.05) is 24.3 Å². The summed E-state index contributed by atoms with van der Waals surface area (Å²) in [4.78, 5) is 29.6. The minimum atomic E-state index is -0.159. The third-order valence-electron chi connectivity index (χ3n) is 7.24. The molecule has 0 saturated heterocycles. The van der Waals surface area contributed by atoms with Crippen LogP contribution in [0.2, 0.25) is 0 Å². The topological polar surface area (TPSA) is 78.7 Å². The number of hydrogen-bond donors (Lipinski definition) is 0. The van der Waals surface area contributed by atoms with Gasteiger partial charge in [-0.25, -0.2) is 0 Å². The summed E-state index contributed by atoms with van der Waals surface area (Å²) in [5.74, 6) is 1.35. The molecule has 0 bridgehead atoms. The Balaban J connectivity index is 0.00000506. The van der Waals surface area contributed by atoms with Gasteiger partial charge in [0.2, 0.25) is 0 Å². The van der Waals surface area contributed by atoms with Gasteiger partial charge in [-0.05, 0) is 61.7 Å². The van der Waals surface area contributed by atoms with Crippen molar-refractivity contribution in [2.24, 2.45) is 9.98 Å². The quantitative estimate of drug-likeness (QED) is 0.215. The number of rotatable bonds is 3. The second-order valence-electron chi connectivity index (χ2n) is 15.1. The standard InChI is InChI=1S/C36H46N6.Pt/c1-33(2,3)23-15-13-21-37-29(23)41-31-25(35(7,8)9)17-19-27(39-31)28-20-18-26(36(10,11)12)32(40-28)42-30-24(34(4,5)6)16-14-22-38-30;/h13-22H,1-12H3;/q-2;+2. The first-order chi connectivity index (χ1) is 19.4. The molecule has 43 heavy (non-hydrogen) atoms. The molecule has 0 aliphatic heterocycles. The molecule has 0 unspecified atom stereocenters. The fraction of sp³-hybridized carbons (Fsp3) is 0.444. The Morgan fingerprint density at radius 3 is 1.67 bits per heavy atom. The van der Waals surface area contributed by atoms with Crippen molar-refractivity contribution >= 4 is 11.6 Å². The molecule has 0 atom stereocenters. The van der Waals surface area contributed by atoms with E-state index < -0.39 is 0 Å². The Hall–Kier alpha value is -3.11. The molecule has 0 N–H and O–H groups in total. The maximum Gasteiger partial charge on any atom is 2.00 e. The van der Waals surface area contributed by atoms with Crippen molar-refractivity contribution in [1.29, 1.82) is 0 Å². The molecule has 230 valence electrons. The summed E-state index contributed by atoms with van der Waals surface area (Å²) in [6, 6.07) is 16.4. The molecule has 0 aromatic carbocycles. The monoisotopic (exact) mass is 757 g/mol. The van der Waals surface area contributed by atoms with E-state index in [0.29, 0.717) is 22.6 Å². The summed E-state index contributed by atoms with van der Waals surface area (Å²) in [6.45, 7) is 26.1. The average Bonchev–Trinajstić information content (AvgIpc) is 2.87. The first-order valence-electron chi connectivity index (χ1n) is 14.7. The van der Waals surface area contributed by atoms with E-state index >= 15 is 0 Å². The SMILES string of the molecule is CC(C)(C)c1cccnc1/N=c1\[n-]c(-c2ccc(C(C)(C)C)c(/N=c3\[n-]cccc3C(C)(C)C)n2)ccc1C(C)(C)C.[Pt+2]. The van der Waals surface area contributed by atoms with Gasteiger partial charge in [-0.3, -0.25) is 9.97 Å². The predicted octanol–water partition coefficient (Wildman–Crippen LogP) is 7.71. The van der Waals surface area contributed by atoms with Gasteiger partial charge in [0.25, 0.3) is 0 Å². The van der Waals surface area contributed by atoms with Crippen LogP contribution in [0.15, 0.2) is 70.9 Å². The summed E-state index contributed by atoms with van der Waals surface area (Å²) in [6.07, 6.45) is 3.58. The maximum absolute atomic E-state index is 5.10. The van der Waals surface area contributed by atoms with E-state index in [2.05, 4.69) is 117 Å². The zero-order chi connectivity index (χ0) is 31.1. The van der Waals surface area contributed by atoms with E-state index in [1.54, 1.807) is 12.4 Å². The Morgan fingerprint density at radius 2 is 1.07 bits per heavy atom. The average molecular weight is 758 g/mol. The largest absolute Gasteiger partial charge is 2.00 e. The molecule has 4 aromatic rings. The summed E-state index contributed by atoms with van der Waals surface area (Å²) < 4.78 is 0. The molecule has 6 nitrogen and oxygen atoms in total. The zero-order valence-corrected chi connectivity index (χ0v) is 30.0. The first-order valence-corrected chi connectivity index (χ1v) is 14.7. The van der Waals surface area contributed by atoms with Crippen LogP contribution in [0.5, 0.6) is 0 Å². The summed E-state index contributed by atoms with van der Waals surface area (Å²) >= 11 is 0. The first kappa shape index (κ1) is 34.4. The van der Waals surface area contributed by atoms with Crippen LogP contribution in [0.25, 0.3) is 11.4 Å². The molecule has 0 amide bonds. The van der Waals surface area contributed by atoms with E-state index in [0.717, 1.165) is 33.6 Å². The van der Waals surface area contributed by atoms with Gasteiger partial charge in [-0.2, -0.15) is 0 Å². The van der Waals surface area contributed by atoms with Crippen molar-refractivity contribution < 1.29 is 21.1 Å². The van der Waals surface area contributed by atoms with Crippen molar-refractivity contribution in [3.63, 3.8) is 0 Å². The van der Waals surface area contributed by atoms with Crippen LogP contribution in [-0.2, 0) is 42.7 Å². The van der Waals surface area contributed by atoms with Crippen LogP contribution in [0.3, 0.4) is 0 Å². The molecule has 0 fully saturated rings. The second kappa shape index (κ2) is 12.5. The van der Waals surface area contributed by atoms with Crippen LogP contribution in [-0.4, -0.2) is 9.97 Å². The predicted molar refractivity (Wildman–Crippen MR) is 172 cm³/mol. The molecule has 4 aromatic heterocycles. The number of aromatic nitrogens is 4. The third-order valence-corrected chi connectivity index (χ3v) is 7.24. The number of nitrogens with zero attached hydrogens (tertiary/aromatic N) is 6. The van der Waals surface area contributed by atoms with Crippen LogP contribution in [0.1, 0.15) is 105 Å².